The zero-order valence-corrected chi connectivity index (χ0v) is 12.2. The van der Waals surface area contributed by atoms with Crippen LogP contribution in [0.2, 0.25) is 0 Å². The van der Waals surface area contributed by atoms with Crippen LogP contribution in [0, 0.1) is 0 Å². The lowest BCUT2D eigenvalue weighted by atomic mass is 10.0. The van der Waals surface area contributed by atoms with Crippen molar-refractivity contribution in [1.82, 2.24) is 0 Å². The molecule has 0 fully saturated rings. The molecular formula is C13H27NO4. The second-order valence-corrected chi connectivity index (χ2v) is 5.62. The quantitative estimate of drug-likeness (QED) is 0.647. The van der Waals surface area contributed by atoms with Crippen molar-refractivity contribution in [2.45, 2.75) is 51.7 Å². The van der Waals surface area contributed by atoms with Gasteiger partial charge >= 0.3 is 0 Å². The number of carbonyl (C=O) groups is 1. The zero-order chi connectivity index (χ0) is 14.2. The van der Waals surface area contributed by atoms with Gasteiger partial charge in [-0.25, -0.2) is 0 Å². The number of amides is 1. The van der Waals surface area contributed by atoms with Gasteiger partial charge in [-0.1, -0.05) is 0 Å². The van der Waals surface area contributed by atoms with Crippen molar-refractivity contribution in [1.29, 1.82) is 0 Å². The average Bonchev–Trinajstić information content (AvgIpc) is 2.23. The van der Waals surface area contributed by atoms with Crippen LogP contribution in [0.15, 0.2) is 0 Å². The van der Waals surface area contributed by atoms with Crippen molar-refractivity contribution in [3.05, 3.63) is 0 Å². The SMILES string of the molecule is COCCC(C)(C)OCCC(C)(C)OCC(N)=O. The molecular weight excluding hydrogens is 234 g/mol. The Morgan fingerprint density at radius 1 is 1.00 bits per heavy atom. The molecule has 5 nitrogen and oxygen atoms in total. The summed E-state index contributed by atoms with van der Waals surface area (Å²) in [6, 6.07) is 0. The van der Waals surface area contributed by atoms with Gasteiger partial charge in [0.05, 0.1) is 17.8 Å². The van der Waals surface area contributed by atoms with Gasteiger partial charge in [0.25, 0.3) is 0 Å². The Morgan fingerprint density at radius 2 is 1.50 bits per heavy atom. The van der Waals surface area contributed by atoms with Gasteiger partial charge in [-0.15, -0.1) is 0 Å². The number of hydrogen-bond donors (Lipinski definition) is 1. The average molecular weight is 261 g/mol. The third-order valence-corrected chi connectivity index (χ3v) is 2.71. The molecule has 0 aliphatic heterocycles. The van der Waals surface area contributed by atoms with Gasteiger partial charge in [0.15, 0.2) is 0 Å². The maximum absolute atomic E-state index is 10.6. The van der Waals surface area contributed by atoms with Crippen LogP contribution in [0.25, 0.3) is 0 Å². The number of nitrogens with two attached hydrogens (primary N) is 1. The van der Waals surface area contributed by atoms with Gasteiger partial charge in [0.1, 0.15) is 6.61 Å². The molecule has 0 unspecified atom stereocenters. The van der Waals surface area contributed by atoms with E-state index in [4.69, 9.17) is 19.9 Å². The lowest BCUT2D eigenvalue weighted by Crippen LogP contribution is -2.34. The molecule has 0 aliphatic rings. The van der Waals surface area contributed by atoms with Crippen molar-refractivity contribution < 1.29 is 19.0 Å². The fraction of sp³-hybridized carbons (Fsp3) is 0.923. The van der Waals surface area contributed by atoms with Crippen LogP contribution < -0.4 is 5.73 Å². The van der Waals surface area contributed by atoms with E-state index in [2.05, 4.69) is 0 Å². The number of methoxy groups -OCH3 is 1. The molecule has 0 radical (unpaired) electrons. The van der Waals surface area contributed by atoms with E-state index < -0.39 is 11.5 Å². The number of carbonyl (C=O) groups excluding carboxylic acids is 1. The molecule has 1 amide bonds. The van der Waals surface area contributed by atoms with E-state index in [1.807, 2.05) is 27.7 Å². The Hall–Kier alpha value is -0.650. The lowest BCUT2D eigenvalue weighted by molar-refractivity contribution is -0.130. The van der Waals surface area contributed by atoms with Crippen molar-refractivity contribution in [2.24, 2.45) is 5.73 Å². The van der Waals surface area contributed by atoms with Gasteiger partial charge in [-0.3, -0.25) is 4.79 Å². The molecule has 2 N–H and O–H groups in total. The fourth-order valence-corrected chi connectivity index (χ4v) is 1.33. The third-order valence-electron chi connectivity index (χ3n) is 2.71. The molecule has 0 aromatic rings. The fourth-order valence-electron chi connectivity index (χ4n) is 1.33. The smallest absolute Gasteiger partial charge is 0.243 e. The predicted molar refractivity (Wildman–Crippen MR) is 70.4 cm³/mol. The highest BCUT2D eigenvalue weighted by atomic mass is 16.5. The Balaban J connectivity index is 3.90. The summed E-state index contributed by atoms with van der Waals surface area (Å²) in [5.74, 6) is -0.454. The maximum Gasteiger partial charge on any atom is 0.243 e. The molecule has 108 valence electrons. The minimum atomic E-state index is -0.454. The number of rotatable bonds is 10. The first-order valence-corrected chi connectivity index (χ1v) is 6.24. The molecule has 0 atom stereocenters. The summed E-state index contributed by atoms with van der Waals surface area (Å²) in [7, 11) is 1.68. The first kappa shape index (κ1) is 17.4. The summed E-state index contributed by atoms with van der Waals surface area (Å²) in [6.07, 6.45) is 1.54. The molecule has 0 bridgehead atoms. The highest BCUT2D eigenvalue weighted by Gasteiger charge is 2.23. The maximum atomic E-state index is 10.6. The van der Waals surface area contributed by atoms with Crippen LogP contribution in [0.3, 0.4) is 0 Å². The second kappa shape index (κ2) is 7.71. The lowest BCUT2D eigenvalue weighted by Gasteiger charge is -2.29. The topological polar surface area (TPSA) is 70.8 Å². The highest BCUT2D eigenvalue weighted by molar-refractivity contribution is 5.75. The molecule has 0 aromatic carbocycles. The van der Waals surface area contributed by atoms with Gasteiger partial charge in [0, 0.05) is 13.7 Å². The molecule has 0 spiro atoms. The normalized spacial score (nSPS) is 12.7. The van der Waals surface area contributed by atoms with E-state index in [0.717, 1.165) is 6.42 Å². The summed E-state index contributed by atoms with van der Waals surface area (Å²) >= 11 is 0. The van der Waals surface area contributed by atoms with Gasteiger partial charge in [-0.2, -0.15) is 0 Å². The predicted octanol–water partition coefficient (Wildman–Crippen LogP) is 1.49. The highest BCUT2D eigenvalue weighted by Crippen LogP contribution is 2.19. The van der Waals surface area contributed by atoms with Crippen molar-refractivity contribution in [3.63, 3.8) is 0 Å². The second-order valence-electron chi connectivity index (χ2n) is 5.62. The molecule has 5 heteroatoms. The first-order chi connectivity index (χ1) is 8.18. The van der Waals surface area contributed by atoms with Gasteiger partial charge in [0.2, 0.25) is 5.91 Å². The summed E-state index contributed by atoms with van der Waals surface area (Å²) in [4.78, 5) is 10.6. The standard InChI is InChI=1S/C13H27NO4/c1-12(2,6-8-16-5)17-9-7-13(3,4)18-10-11(14)15/h6-10H2,1-5H3,(H2,14,15). The summed E-state index contributed by atoms with van der Waals surface area (Å²) in [6.45, 7) is 9.09. The molecule has 0 rings (SSSR count). The summed E-state index contributed by atoms with van der Waals surface area (Å²) in [5, 5.41) is 0. The molecule has 0 aromatic heterocycles. The van der Waals surface area contributed by atoms with E-state index in [9.17, 15) is 4.79 Å². The Bertz CT molecular complexity index is 251. The summed E-state index contributed by atoms with van der Waals surface area (Å²) < 4.78 is 16.2. The van der Waals surface area contributed by atoms with Crippen molar-refractivity contribution >= 4 is 5.91 Å². The van der Waals surface area contributed by atoms with E-state index >= 15 is 0 Å². The van der Waals surface area contributed by atoms with Crippen LogP contribution in [-0.4, -0.2) is 44.0 Å². The Labute approximate surface area is 110 Å². The van der Waals surface area contributed by atoms with Gasteiger partial charge < -0.3 is 19.9 Å². The third kappa shape index (κ3) is 9.39. The van der Waals surface area contributed by atoms with E-state index in [1.165, 1.54) is 0 Å². The Kier molecular flexibility index (Phi) is 7.43. The van der Waals surface area contributed by atoms with Crippen molar-refractivity contribution in [2.75, 3.05) is 26.9 Å². The number of hydrogen-bond acceptors (Lipinski definition) is 4. The summed E-state index contributed by atoms with van der Waals surface area (Å²) in [5.41, 5.74) is 4.42. The van der Waals surface area contributed by atoms with Crippen LogP contribution >= 0.6 is 0 Å². The first-order valence-electron chi connectivity index (χ1n) is 6.24. The minimum absolute atomic E-state index is 0.0555. The number of primary amides is 1. The molecule has 0 saturated heterocycles. The van der Waals surface area contributed by atoms with Crippen LogP contribution in [0.4, 0.5) is 0 Å². The molecule has 0 heterocycles. The number of ether oxygens (including phenoxy) is 3. The van der Waals surface area contributed by atoms with Gasteiger partial charge in [-0.05, 0) is 40.5 Å². The molecule has 0 aliphatic carbocycles. The van der Waals surface area contributed by atoms with E-state index in [1.54, 1.807) is 7.11 Å². The molecule has 18 heavy (non-hydrogen) atoms. The molecule has 0 saturated carbocycles. The van der Waals surface area contributed by atoms with Crippen LogP contribution in [0.5, 0.6) is 0 Å². The largest absolute Gasteiger partial charge is 0.385 e. The van der Waals surface area contributed by atoms with Crippen LogP contribution in [0.1, 0.15) is 40.5 Å². The van der Waals surface area contributed by atoms with Crippen LogP contribution in [-0.2, 0) is 19.0 Å². The monoisotopic (exact) mass is 261 g/mol. The van der Waals surface area contributed by atoms with Crippen molar-refractivity contribution in [3.8, 4) is 0 Å². The van der Waals surface area contributed by atoms with E-state index in [-0.39, 0.29) is 12.2 Å². The zero-order valence-electron chi connectivity index (χ0n) is 12.2. The Morgan fingerprint density at radius 3 is 2.00 bits per heavy atom. The minimum Gasteiger partial charge on any atom is -0.385 e. The van der Waals surface area contributed by atoms with E-state index in [0.29, 0.717) is 19.6 Å².